The SMILES string of the molecule is CC(C)(C)OC(=O)C1CCN(C(=O)C2CCNCC2)CC1. The van der Waals surface area contributed by atoms with Crippen molar-refractivity contribution in [3.8, 4) is 0 Å². The van der Waals surface area contributed by atoms with E-state index in [0.29, 0.717) is 13.1 Å². The van der Waals surface area contributed by atoms with Crippen molar-refractivity contribution in [1.82, 2.24) is 10.2 Å². The Morgan fingerprint density at radius 1 is 1.00 bits per heavy atom. The van der Waals surface area contributed by atoms with Gasteiger partial charge in [-0.2, -0.15) is 0 Å². The van der Waals surface area contributed by atoms with Crippen LogP contribution < -0.4 is 5.32 Å². The highest BCUT2D eigenvalue weighted by Gasteiger charge is 2.33. The molecule has 0 aromatic rings. The van der Waals surface area contributed by atoms with E-state index in [9.17, 15) is 9.59 Å². The van der Waals surface area contributed by atoms with E-state index in [0.717, 1.165) is 38.8 Å². The third-order valence-corrected chi connectivity index (χ3v) is 4.24. The van der Waals surface area contributed by atoms with E-state index in [1.165, 1.54) is 0 Å². The molecule has 5 nitrogen and oxygen atoms in total. The number of likely N-dealkylation sites (tertiary alicyclic amines) is 1. The maximum atomic E-state index is 12.4. The molecule has 2 saturated heterocycles. The average molecular weight is 296 g/mol. The zero-order chi connectivity index (χ0) is 15.5. The van der Waals surface area contributed by atoms with E-state index in [2.05, 4.69) is 5.32 Å². The summed E-state index contributed by atoms with van der Waals surface area (Å²) in [7, 11) is 0. The maximum Gasteiger partial charge on any atom is 0.309 e. The van der Waals surface area contributed by atoms with Crippen LogP contribution in [0.2, 0.25) is 0 Å². The van der Waals surface area contributed by atoms with Crippen molar-refractivity contribution in [1.29, 1.82) is 0 Å². The standard InChI is InChI=1S/C16H28N2O3/c1-16(2,3)21-15(20)13-6-10-18(11-7-13)14(19)12-4-8-17-9-5-12/h12-13,17H,4-11H2,1-3H3. The zero-order valence-electron chi connectivity index (χ0n) is 13.5. The first-order valence-corrected chi connectivity index (χ1v) is 8.09. The first-order valence-electron chi connectivity index (χ1n) is 8.09. The van der Waals surface area contributed by atoms with Gasteiger partial charge in [0.1, 0.15) is 5.60 Å². The van der Waals surface area contributed by atoms with Crippen LogP contribution in [0.3, 0.4) is 0 Å². The topological polar surface area (TPSA) is 58.6 Å². The fraction of sp³-hybridized carbons (Fsp3) is 0.875. The Balaban J connectivity index is 1.80. The van der Waals surface area contributed by atoms with Crippen LogP contribution in [0.15, 0.2) is 0 Å². The Bertz CT molecular complexity index is 375. The molecule has 2 heterocycles. The summed E-state index contributed by atoms with van der Waals surface area (Å²) in [5.74, 6) is 0.279. The highest BCUT2D eigenvalue weighted by Crippen LogP contribution is 2.24. The molecule has 2 aliphatic heterocycles. The molecular formula is C16H28N2O3. The molecule has 0 spiro atoms. The molecule has 0 atom stereocenters. The molecule has 1 N–H and O–H groups in total. The summed E-state index contributed by atoms with van der Waals surface area (Å²) in [5, 5.41) is 3.28. The average Bonchev–Trinajstić information content (AvgIpc) is 2.46. The molecule has 1 amide bonds. The maximum absolute atomic E-state index is 12.4. The van der Waals surface area contributed by atoms with Gasteiger partial charge in [-0.15, -0.1) is 0 Å². The number of ether oxygens (including phenoxy) is 1. The molecule has 21 heavy (non-hydrogen) atoms. The molecule has 0 aromatic heterocycles. The van der Waals surface area contributed by atoms with Crippen LogP contribution in [-0.4, -0.2) is 48.6 Å². The molecular weight excluding hydrogens is 268 g/mol. The van der Waals surface area contributed by atoms with E-state index in [4.69, 9.17) is 4.74 Å². The van der Waals surface area contributed by atoms with Crippen LogP contribution >= 0.6 is 0 Å². The number of nitrogens with zero attached hydrogens (tertiary/aromatic N) is 1. The number of carbonyl (C=O) groups excluding carboxylic acids is 2. The van der Waals surface area contributed by atoms with Gasteiger partial charge in [0, 0.05) is 19.0 Å². The highest BCUT2D eigenvalue weighted by atomic mass is 16.6. The smallest absolute Gasteiger partial charge is 0.309 e. The third kappa shape index (κ3) is 4.70. The van der Waals surface area contributed by atoms with Crippen LogP contribution in [-0.2, 0) is 14.3 Å². The molecule has 5 heteroatoms. The zero-order valence-corrected chi connectivity index (χ0v) is 13.5. The van der Waals surface area contributed by atoms with Crippen molar-refractivity contribution in [3.63, 3.8) is 0 Å². The van der Waals surface area contributed by atoms with Gasteiger partial charge in [0.05, 0.1) is 5.92 Å². The molecule has 120 valence electrons. The first-order chi connectivity index (χ1) is 9.87. The molecule has 0 aliphatic carbocycles. The van der Waals surface area contributed by atoms with Crippen LogP contribution in [0.25, 0.3) is 0 Å². The lowest BCUT2D eigenvalue weighted by atomic mass is 9.92. The van der Waals surface area contributed by atoms with E-state index in [-0.39, 0.29) is 23.7 Å². The monoisotopic (exact) mass is 296 g/mol. The van der Waals surface area contributed by atoms with Crippen molar-refractivity contribution < 1.29 is 14.3 Å². The molecule has 0 unspecified atom stereocenters. The van der Waals surface area contributed by atoms with Gasteiger partial charge in [0.25, 0.3) is 0 Å². The fourth-order valence-corrected chi connectivity index (χ4v) is 3.05. The Labute approximate surface area is 127 Å². The summed E-state index contributed by atoms with van der Waals surface area (Å²) >= 11 is 0. The molecule has 0 bridgehead atoms. The number of carbonyl (C=O) groups is 2. The first kappa shape index (κ1) is 16.3. The van der Waals surface area contributed by atoms with Gasteiger partial charge in [0.2, 0.25) is 5.91 Å². The van der Waals surface area contributed by atoms with Gasteiger partial charge in [-0.1, -0.05) is 0 Å². The van der Waals surface area contributed by atoms with E-state index in [1.807, 2.05) is 25.7 Å². The highest BCUT2D eigenvalue weighted by molar-refractivity contribution is 5.79. The van der Waals surface area contributed by atoms with Crippen LogP contribution in [0, 0.1) is 11.8 Å². The quantitative estimate of drug-likeness (QED) is 0.786. The lowest BCUT2D eigenvalue weighted by molar-refractivity contribution is -0.162. The molecule has 2 rings (SSSR count). The molecule has 0 saturated carbocycles. The summed E-state index contributed by atoms with van der Waals surface area (Å²) in [4.78, 5) is 26.4. The van der Waals surface area contributed by atoms with Crippen molar-refractivity contribution in [3.05, 3.63) is 0 Å². The minimum Gasteiger partial charge on any atom is -0.460 e. The van der Waals surface area contributed by atoms with Crippen LogP contribution in [0.4, 0.5) is 0 Å². The van der Waals surface area contributed by atoms with Gasteiger partial charge in [-0.05, 0) is 59.5 Å². The lowest BCUT2D eigenvalue weighted by Crippen LogP contribution is -2.46. The third-order valence-electron chi connectivity index (χ3n) is 4.24. The number of esters is 1. The number of hydrogen-bond donors (Lipinski definition) is 1. The van der Waals surface area contributed by atoms with Gasteiger partial charge in [0.15, 0.2) is 0 Å². The Kier molecular flexibility index (Phi) is 5.25. The van der Waals surface area contributed by atoms with Crippen LogP contribution in [0.1, 0.15) is 46.5 Å². The molecule has 2 fully saturated rings. The Hall–Kier alpha value is -1.10. The summed E-state index contributed by atoms with van der Waals surface area (Å²) in [6, 6.07) is 0. The number of nitrogens with one attached hydrogen (secondary N) is 1. The van der Waals surface area contributed by atoms with Gasteiger partial charge in [-0.3, -0.25) is 9.59 Å². The van der Waals surface area contributed by atoms with Gasteiger partial charge >= 0.3 is 5.97 Å². The van der Waals surface area contributed by atoms with Crippen LogP contribution in [0.5, 0.6) is 0 Å². The minimum absolute atomic E-state index is 0.0544. The molecule has 2 aliphatic rings. The van der Waals surface area contributed by atoms with E-state index < -0.39 is 5.60 Å². The van der Waals surface area contributed by atoms with Gasteiger partial charge < -0.3 is 15.0 Å². The number of amides is 1. The van der Waals surface area contributed by atoms with Gasteiger partial charge in [-0.25, -0.2) is 0 Å². The van der Waals surface area contributed by atoms with Crippen molar-refractivity contribution >= 4 is 11.9 Å². The fourth-order valence-electron chi connectivity index (χ4n) is 3.05. The van der Waals surface area contributed by atoms with E-state index in [1.54, 1.807) is 0 Å². The summed E-state index contributed by atoms with van der Waals surface area (Å²) in [6.07, 6.45) is 3.33. The summed E-state index contributed by atoms with van der Waals surface area (Å²) in [5.41, 5.74) is -0.431. The minimum atomic E-state index is -0.431. The Morgan fingerprint density at radius 2 is 1.57 bits per heavy atom. The second-order valence-electron chi connectivity index (χ2n) is 7.16. The number of piperidine rings is 2. The summed E-state index contributed by atoms with van der Waals surface area (Å²) in [6.45, 7) is 8.91. The molecule has 0 radical (unpaired) electrons. The number of rotatable bonds is 2. The van der Waals surface area contributed by atoms with E-state index >= 15 is 0 Å². The summed E-state index contributed by atoms with van der Waals surface area (Å²) < 4.78 is 5.44. The normalized spacial score (nSPS) is 22.1. The number of hydrogen-bond acceptors (Lipinski definition) is 4. The van der Waals surface area contributed by atoms with Crippen molar-refractivity contribution in [2.24, 2.45) is 11.8 Å². The second kappa shape index (κ2) is 6.77. The predicted molar refractivity (Wildman–Crippen MR) is 80.7 cm³/mol. The lowest BCUT2D eigenvalue weighted by Gasteiger charge is -2.35. The predicted octanol–water partition coefficient (Wildman–Crippen LogP) is 1.57. The Morgan fingerprint density at radius 3 is 2.10 bits per heavy atom. The molecule has 0 aromatic carbocycles. The van der Waals surface area contributed by atoms with Crippen molar-refractivity contribution in [2.75, 3.05) is 26.2 Å². The van der Waals surface area contributed by atoms with Crippen molar-refractivity contribution in [2.45, 2.75) is 52.1 Å². The second-order valence-corrected chi connectivity index (χ2v) is 7.16. The largest absolute Gasteiger partial charge is 0.460 e.